The van der Waals surface area contributed by atoms with Gasteiger partial charge < -0.3 is 10.1 Å². The van der Waals surface area contributed by atoms with Crippen LogP contribution in [0.1, 0.15) is 0 Å². The maximum atomic E-state index is 12.8. The van der Waals surface area contributed by atoms with Crippen molar-refractivity contribution in [1.29, 1.82) is 0 Å². The minimum Gasteiger partial charge on any atom is -0.484 e. The fourth-order valence-corrected chi connectivity index (χ4v) is 2.43. The summed E-state index contributed by atoms with van der Waals surface area (Å²) < 4.78 is 18.3. The third kappa shape index (κ3) is 4.90. The number of fused-ring (bicyclic) bond motifs is 1. The highest BCUT2D eigenvalue weighted by Crippen LogP contribution is 2.20. The molecule has 0 aliphatic carbocycles. The summed E-state index contributed by atoms with van der Waals surface area (Å²) in [7, 11) is 0. The maximum Gasteiger partial charge on any atom is 0.276 e. The number of nitrogens with one attached hydrogen (secondary N) is 3. The van der Waals surface area contributed by atoms with Crippen molar-refractivity contribution in [1.82, 2.24) is 10.9 Å². The lowest BCUT2D eigenvalue weighted by atomic mass is 10.1. The van der Waals surface area contributed by atoms with Crippen molar-refractivity contribution in [2.45, 2.75) is 0 Å². The first-order valence-corrected chi connectivity index (χ1v) is 8.24. The fraction of sp³-hybridized carbons (Fsp3) is 0.0526. The number of benzene rings is 3. The molecule has 132 valence electrons. The molecule has 3 aromatic rings. The molecule has 26 heavy (non-hydrogen) atoms. The molecule has 0 aliphatic rings. The Hall–Kier alpha value is -3.19. The van der Waals surface area contributed by atoms with Gasteiger partial charge in [0, 0.05) is 5.69 Å². The lowest BCUT2D eigenvalue weighted by molar-refractivity contribution is -0.123. The second kappa shape index (κ2) is 8.26. The van der Waals surface area contributed by atoms with E-state index >= 15 is 0 Å². The second-order valence-electron chi connectivity index (χ2n) is 5.43. The van der Waals surface area contributed by atoms with Crippen molar-refractivity contribution in [3.8, 4) is 5.75 Å². The number of thiocarbonyl (C=S) groups is 1. The summed E-state index contributed by atoms with van der Waals surface area (Å²) in [6.07, 6.45) is 0. The first-order chi connectivity index (χ1) is 12.6. The van der Waals surface area contributed by atoms with Crippen LogP contribution in [0.25, 0.3) is 10.8 Å². The lowest BCUT2D eigenvalue weighted by Gasteiger charge is -2.12. The van der Waals surface area contributed by atoms with Crippen LogP contribution in [0.4, 0.5) is 10.1 Å². The molecular formula is C19H16FN3O2S. The van der Waals surface area contributed by atoms with E-state index in [1.54, 1.807) is 0 Å². The second-order valence-corrected chi connectivity index (χ2v) is 5.84. The normalized spacial score (nSPS) is 10.2. The Kier molecular flexibility index (Phi) is 5.60. The van der Waals surface area contributed by atoms with E-state index in [4.69, 9.17) is 17.0 Å². The SMILES string of the molecule is O=C(COc1ccc2ccccc2c1)NNC(=S)Nc1ccc(F)cc1. The molecule has 7 heteroatoms. The standard InChI is InChI=1S/C19H16FN3O2S/c20-15-6-8-16(9-7-15)21-19(26)23-22-18(24)12-25-17-10-5-13-3-1-2-4-14(13)11-17/h1-11H,12H2,(H,22,24)(H2,21,23,26). The molecule has 0 aliphatic heterocycles. The van der Waals surface area contributed by atoms with Gasteiger partial charge in [0.05, 0.1) is 0 Å². The van der Waals surface area contributed by atoms with Gasteiger partial charge in [-0.05, 0) is 59.4 Å². The Bertz CT molecular complexity index is 931. The minimum absolute atomic E-state index is 0.162. The van der Waals surface area contributed by atoms with E-state index in [1.807, 2.05) is 42.5 Å². The van der Waals surface area contributed by atoms with E-state index in [0.717, 1.165) is 10.8 Å². The maximum absolute atomic E-state index is 12.8. The van der Waals surface area contributed by atoms with E-state index in [1.165, 1.54) is 24.3 Å². The largest absolute Gasteiger partial charge is 0.484 e. The minimum atomic E-state index is -0.388. The third-order valence-electron chi connectivity index (χ3n) is 3.51. The van der Waals surface area contributed by atoms with Crippen LogP contribution in [0, 0.1) is 5.82 Å². The van der Waals surface area contributed by atoms with Gasteiger partial charge >= 0.3 is 0 Å². The number of halogens is 1. The summed E-state index contributed by atoms with van der Waals surface area (Å²) in [5.41, 5.74) is 5.59. The molecule has 0 heterocycles. The number of ether oxygens (including phenoxy) is 1. The molecule has 0 aromatic heterocycles. The van der Waals surface area contributed by atoms with Gasteiger partial charge in [-0.3, -0.25) is 15.6 Å². The summed E-state index contributed by atoms with van der Waals surface area (Å²) >= 11 is 5.05. The van der Waals surface area contributed by atoms with Crippen molar-refractivity contribution >= 4 is 39.7 Å². The monoisotopic (exact) mass is 369 g/mol. The van der Waals surface area contributed by atoms with Crippen LogP contribution < -0.4 is 20.9 Å². The number of hydrogen-bond donors (Lipinski definition) is 3. The number of carbonyl (C=O) groups is 1. The van der Waals surface area contributed by atoms with Crippen molar-refractivity contribution in [2.75, 3.05) is 11.9 Å². The average molecular weight is 369 g/mol. The van der Waals surface area contributed by atoms with Crippen molar-refractivity contribution in [2.24, 2.45) is 0 Å². The fourth-order valence-electron chi connectivity index (χ4n) is 2.26. The molecule has 1 amide bonds. The Morgan fingerprint density at radius 1 is 0.962 bits per heavy atom. The van der Waals surface area contributed by atoms with Gasteiger partial charge in [0.1, 0.15) is 11.6 Å². The molecule has 3 aromatic carbocycles. The highest BCUT2D eigenvalue weighted by molar-refractivity contribution is 7.80. The molecule has 3 rings (SSSR count). The summed E-state index contributed by atoms with van der Waals surface area (Å²) in [5, 5.41) is 5.13. The van der Waals surface area contributed by atoms with E-state index in [0.29, 0.717) is 11.4 Å². The third-order valence-corrected chi connectivity index (χ3v) is 3.71. The zero-order chi connectivity index (χ0) is 18.4. The number of amides is 1. The zero-order valence-electron chi connectivity index (χ0n) is 13.7. The molecular weight excluding hydrogens is 353 g/mol. The Labute approximate surface area is 155 Å². The predicted octanol–water partition coefficient (Wildman–Crippen LogP) is 3.38. The van der Waals surface area contributed by atoms with Gasteiger partial charge in [-0.25, -0.2) is 4.39 Å². The van der Waals surface area contributed by atoms with Crippen LogP contribution in [0.5, 0.6) is 5.75 Å². The van der Waals surface area contributed by atoms with E-state index < -0.39 is 0 Å². The Balaban J connectivity index is 1.44. The van der Waals surface area contributed by atoms with Crippen LogP contribution in [-0.2, 0) is 4.79 Å². The van der Waals surface area contributed by atoms with Crippen LogP contribution in [0.15, 0.2) is 66.7 Å². The molecule has 5 nitrogen and oxygen atoms in total. The molecule has 0 unspecified atom stereocenters. The number of rotatable bonds is 4. The van der Waals surface area contributed by atoms with Crippen LogP contribution in [0.2, 0.25) is 0 Å². The summed E-state index contributed by atoms with van der Waals surface area (Å²) in [4.78, 5) is 11.8. The molecule has 0 radical (unpaired) electrons. The summed E-state index contributed by atoms with van der Waals surface area (Å²) in [6.45, 7) is -0.162. The first kappa shape index (κ1) is 17.6. The summed E-state index contributed by atoms with van der Waals surface area (Å²) in [5.74, 6) is -0.124. The van der Waals surface area contributed by atoms with Crippen LogP contribution >= 0.6 is 12.2 Å². The van der Waals surface area contributed by atoms with Gasteiger partial charge in [-0.2, -0.15) is 0 Å². The van der Waals surface area contributed by atoms with Gasteiger partial charge in [0.2, 0.25) is 0 Å². The Morgan fingerprint density at radius 2 is 1.69 bits per heavy atom. The number of carbonyl (C=O) groups excluding carboxylic acids is 1. The van der Waals surface area contributed by atoms with Crippen molar-refractivity contribution in [3.63, 3.8) is 0 Å². The van der Waals surface area contributed by atoms with Gasteiger partial charge in [-0.15, -0.1) is 0 Å². The predicted molar refractivity (Wildman–Crippen MR) is 103 cm³/mol. The lowest BCUT2D eigenvalue weighted by Crippen LogP contribution is -2.45. The zero-order valence-corrected chi connectivity index (χ0v) is 14.5. The highest BCUT2D eigenvalue weighted by atomic mass is 32.1. The quantitative estimate of drug-likeness (QED) is 0.486. The van der Waals surface area contributed by atoms with E-state index in [9.17, 15) is 9.18 Å². The van der Waals surface area contributed by atoms with Crippen LogP contribution in [0.3, 0.4) is 0 Å². The number of anilines is 1. The summed E-state index contributed by atoms with van der Waals surface area (Å²) in [6, 6.07) is 19.2. The van der Waals surface area contributed by atoms with Gasteiger partial charge in [0.15, 0.2) is 11.7 Å². The highest BCUT2D eigenvalue weighted by Gasteiger charge is 2.05. The topological polar surface area (TPSA) is 62.4 Å². The van der Waals surface area contributed by atoms with Gasteiger partial charge in [-0.1, -0.05) is 30.3 Å². The Morgan fingerprint density at radius 3 is 2.46 bits per heavy atom. The molecule has 0 saturated heterocycles. The average Bonchev–Trinajstić information content (AvgIpc) is 2.66. The molecule has 0 atom stereocenters. The molecule has 0 saturated carbocycles. The number of hydrogen-bond acceptors (Lipinski definition) is 3. The van der Waals surface area contributed by atoms with E-state index in [-0.39, 0.29) is 23.4 Å². The van der Waals surface area contributed by atoms with Crippen molar-refractivity contribution in [3.05, 3.63) is 72.5 Å². The van der Waals surface area contributed by atoms with E-state index in [2.05, 4.69) is 16.2 Å². The molecule has 3 N–H and O–H groups in total. The molecule has 0 fully saturated rings. The van der Waals surface area contributed by atoms with Crippen molar-refractivity contribution < 1.29 is 13.9 Å². The van der Waals surface area contributed by atoms with Crippen LogP contribution in [-0.4, -0.2) is 17.6 Å². The van der Waals surface area contributed by atoms with Gasteiger partial charge in [0.25, 0.3) is 5.91 Å². The molecule has 0 bridgehead atoms. The molecule has 0 spiro atoms. The smallest absolute Gasteiger partial charge is 0.276 e. The first-order valence-electron chi connectivity index (χ1n) is 7.83. The number of hydrazine groups is 1.